The van der Waals surface area contributed by atoms with E-state index in [0.717, 1.165) is 5.56 Å². The number of sulfonamides is 1. The molecule has 1 aliphatic heterocycles. The summed E-state index contributed by atoms with van der Waals surface area (Å²) in [5, 5.41) is 3.38. The van der Waals surface area contributed by atoms with Crippen LogP contribution in [0, 0.1) is 0 Å². The lowest BCUT2D eigenvalue weighted by molar-refractivity contribution is -0.116. The van der Waals surface area contributed by atoms with Crippen LogP contribution in [-0.4, -0.2) is 20.9 Å². The smallest absolute Gasteiger partial charge is 0.240 e. The second-order valence-electron chi connectivity index (χ2n) is 5.73. The molecule has 0 saturated heterocycles. The number of hydrogen-bond acceptors (Lipinski definition) is 3. The highest BCUT2D eigenvalue weighted by Crippen LogP contribution is 2.33. The first kappa shape index (κ1) is 17.0. The SMILES string of the molecule is C[C@@H]1C(=O)Nc2ccc(S(=O)(=O)NCCc3ccc(Cl)cc3)cc21. The number of carbonyl (C=O) groups excluding carboxylic acids is 1. The van der Waals surface area contributed by atoms with E-state index in [9.17, 15) is 13.2 Å². The summed E-state index contributed by atoms with van der Waals surface area (Å²) in [5.74, 6) is -0.459. The standard InChI is InChI=1S/C17H17ClN2O3S/c1-11-15-10-14(6-7-16(15)20-17(11)21)24(22,23)19-9-8-12-2-4-13(18)5-3-12/h2-7,10-11,19H,8-9H2,1H3,(H,20,21)/t11-/m0/s1. The van der Waals surface area contributed by atoms with Crippen LogP contribution in [0.15, 0.2) is 47.4 Å². The lowest BCUT2D eigenvalue weighted by atomic mass is 10.0. The number of carbonyl (C=O) groups is 1. The van der Waals surface area contributed by atoms with Crippen LogP contribution in [0.25, 0.3) is 0 Å². The van der Waals surface area contributed by atoms with E-state index < -0.39 is 10.0 Å². The van der Waals surface area contributed by atoms with Gasteiger partial charge in [-0.25, -0.2) is 13.1 Å². The van der Waals surface area contributed by atoms with Crippen molar-refractivity contribution in [2.24, 2.45) is 0 Å². The van der Waals surface area contributed by atoms with Crippen LogP contribution in [0.1, 0.15) is 24.0 Å². The minimum atomic E-state index is -3.62. The number of halogens is 1. The van der Waals surface area contributed by atoms with Gasteiger partial charge in [-0.05, 0) is 54.8 Å². The highest BCUT2D eigenvalue weighted by Gasteiger charge is 2.28. The molecule has 24 heavy (non-hydrogen) atoms. The molecule has 0 unspecified atom stereocenters. The van der Waals surface area contributed by atoms with Crippen molar-refractivity contribution in [2.75, 3.05) is 11.9 Å². The van der Waals surface area contributed by atoms with E-state index in [0.29, 0.717) is 22.7 Å². The predicted molar refractivity (Wildman–Crippen MR) is 93.8 cm³/mol. The highest BCUT2D eigenvalue weighted by molar-refractivity contribution is 7.89. The molecule has 1 atom stereocenters. The molecule has 5 nitrogen and oxygen atoms in total. The molecule has 0 fully saturated rings. The number of benzene rings is 2. The number of amides is 1. The molecule has 0 aliphatic carbocycles. The quantitative estimate of drug-likeness (QED) is 0.856. The molecular weight excluding hydrogens is 348 g/mol. The normalized spacial score (nSPS) is 16.8. The van der Waals surface area contributed by atoms with Crippen molar-refractivity contribution in [2.45, 2.75) is 24.2 Å². The Kier molecular flexibility index (Phi) is 4.62. The number of anilines is 1. The van der Waals surface area contributed by atoms with Gasteiger partial charge in [0.25, 0.3) is 0 Å². The van der Waals surface area contributed by atoms with Gasteiger partial charge >= 0.3 is 0 Å². The van der Waals surface area contributed by atoms with Gasteiger partial charge in [-0.2, -0.15) is 0 Å². The molecule has 7 heteroatoms. The van der Waals surface area contributed by atoms with Gasteiger partial charge in [0.15, 0.2) is 0 Å². The van der Waals surface area contributed by atoms with E-state index in [1.54, 1.807) is 31.2 Å². The van der Waals surface area contributed by atoms with Crippen molar-refractivity contribution in [3.8, 4) is 0 Å². The van der Waals surface area contributed by atoms with Crippen molar-refractivity contribution in [3.05, 3.63) is 58.6 Å². The van der Waals surface area contributed by atoms with Gasteiger partial charge in [-0.1, -0.05) is 23.7 Å². The average molecular weight is 365 g/mol. The maximum absolute atomic E-state index is 12.4. The maximum Gasteiger partial charge on any atom is 0.240 e. The zero-order valence-corrected chi connectivity index (χ0v) is 14.6. The van der Waals surface area contributed by atoms with E-state index in [1.165, 1.54) is 6.07 Å². The van der Waals surface area contributed by atoms with Gasteiger partial charge < -0.3 is 5.32 Å². The van der Waals surface area contributed by atoms with Crippen molar-refractivity contribution in [1.82, 2.24) is 4.72 Å². The molecular formula is C17H17ClN2O3S. The van der Waals surface area contributed by atoms with Gasteiger partial charge in [-0.15, -0.1) is 0 Å². The lowest BCUT2D eigenvalue weighted by Gasteiger charge is -2.09. The average Bonchev–Trinajstić information content (AvgIpc) is 2.83. The Bertz CT molecular complexity index is 879. The fourth-order valence-electron chi connectivity index (χ4n) is 2.63. The van der Waals surface area contributed by atoms with Crippen LogP contribution in [0.2, 0.25) is 5.02 Å². The van der Waals surface area contributed by atoms with Crippen LogP contribution < -0.4 is 10.0 Å². The summed E-state index contributed by atoms with van der Waals surface area (Å²) in [4.78, 5) is 11.8. The summed E-state index contributed by atoms with van der Waals surface area (Å²) in [6.07, 6.45) is 0.567. The van der Waals surface area contributed by atoms with Gasteiger partial charge in [0.1, 0.15) is 0 Å². The zero-order chi connectivity index (χ0) is 17.3. The fraction of sp³-hybridized carbons (Fsp3) is 0.235. The Morgan fingerprint density at radius 2 is 1.88 bits per heavy atom. The van der Waals surface area contributed by atoms with Crippen molar-refractivity contribution in [1.29, 1.82) is 0 Å². The Hall–Kier alpha value is -1.89. The number of fused-ring (bicyclic) bond motifs is 1. The van der Waals surface area contributed by atoms with Crippen molar-refractivity contribution in [3.63, 3.8) is 0 Å². The second kappa shape index (κ2) is 6.55. The van der Waals surface area contributed by atoms with Crippen LogP contribution in [0.4, 0.5) is 5.69 Å². The largest absolute Gasteiger partial charge is 0.325 e. The summed E-state index contributed by atoms with van der Waals surface area (Å²) in [7, 11) is -3.62. The summed E-state index contributed by atoms with van der Waals surface area (Å²) in [6.45, 7) is 2.04. The third kappa shape index (κ3) is 3.45. The van der Waals surface area contributed by atoms with Crippen LogP contribution in [0.3, 0.4) is 0 Å². The lowest BCUT2D eigenvalue weighted by Crippen LogP contribution is -2.26. The molecule has 3 rings (SSSR count). The summed E-state index contributed by atoms with van der Waals surface area (Å²) in [5.41, 5.74) is 2.38. The molecule has 1 aliphatic rings. The first-order valence-electron chi connectivity index (χ1n) is 7.56. The monoisotopic (exact) mass is 364 g/mol. The van der Waals surface area contributed by atoms with Gasteiger partial charge in [0.2, 0.25) is 15.9 Å². The van der Waals surface area contributed by atoms with Crippen molar-refractivity contribution >= 4 is 33.2 Å². The van der Waals surface area contributed by atoms with E-state index >= 15 is 0 Å². The number of hydrogen-bond donors (Lipinski definition) is 2. The van der Waals surface area contributed by atoms with Crippen LogP contribution in [-0.2, 0) is 21.2 Å². The van der Waals surface area contributed by atoms with E-state index in [2.05, 4.69) is 10.0 Å². The maximum atomic E-state index is 12.4. The Labute approximate surface area is 146 Å². The van der Waals surface area contributed by atoms with Crippen LogP contribution in [0.5, 0.6) is 0 Å². The Balaban J connectivity index is 1.70. The molecule has 2 aromatic rings. The summed E-state index contributed by atoms with van der Waals surface area (Å²) >= 11 is 5.83. The van der Waals surface area contributed by atoms with Crippen LogP contribution >= 0.6 is 11.6 Å². The van der Waals surface area contributed by atoms with E-state index in [-0.39, 0.29) is 23.3 Å². The molecule has 1 heterocycles. The predicted octanol–water partition coefficient (Wildman–Crippen LogP) is 2.92. The first-order chi connectivity index (χ1) is 11.4. The first-order valence-corrected chi connectivity index (χ1v) is 9.42. The minimum absolute atomic E-state index is 0.116. The number of nitrogens with one attached hydrogen (secondary N) is 2. The Morgan fingerprint density at radius 1 is 1.17 bits per heavy atom. The van der Waals surface area contributed by atoms with Gasteiger partial charge in [0.05, 0.1) is 10.8 Å². The van der Waals surface area contributed by atoms with Gasteiger partial charge in [0, 0.05) is 17.3 Å². The third-order valence-electron chi connectivity index (χ3n) is 4.07. The summed E-state index contributed by atoms with van der Waals surface area (Å²) in [6, 6.07) is 12.0. The highest BCUT2D eigenvalue weighted by atomic mass is 35.5. The molecule has 2 N–H and O–H groups in total. The molecule has 1 amide bonds. The molecule has 0 radical (unpaired) electrons. The van der Waals surface area contributed by atoms with Gasteiger partial charge in [-0.3, -0.25) is 4.79 Å². The van der Waals surface area contributed by atoms with E-state index in [1.807, 2.05) is 12.1 Å². The molecule has 0 bridgehead atoms. The minimum Gasteiger partial charge on any atom is -0.325 e. The number of rotatable bonds is 5. The topological polar surface area (TPSA) is 75.3 Å². The molecule has 126 valence electrons. The third-order valence-corrected chi connectivity index (χ3v) is 5.78. The molecule has 0 saturated carbocycles. The fourth-order valence-corrected chi connectivity index (χ4v) is 3.82. The zero-order valence-electron chi connectivity index (χ0n) is 13.0. The summed E-state index contributed by atoms with van der Waals surface area (Å²) < 4.78 is 27.4. The molecule has 0 spiro atoms. The van der Waals surface area contributed by atoms with Crippen molar-refractivity contribution < 1.29 is 13.2 Å². The Morgan fingerprint density at radius 3 is 2.58 bits per heavy atom. The van der Waals surface area contributed by atoms with E-state index in [4.69, 9.17) is 11.6 Å². The molecule has 0 aromatic heterocycles. The molecule has 2 aromatic carbocycles. The second-order valence-corrected chi connectivity index (χ2v) is 7.94.